The number of carbonyl (C=O) groups is 1. The molecule has 0 bridgehead atoms. The fourth-order valence-electron chi connectivity index (χ4n) is 2.63. The second-order valence-electron chi connectivity index (χ2n) is 5.24. The second kappa shape index (κ2) is 5.89. The summed E-state index contributed by atoms with van der Waals surface area (Å²) in [6.07, 6.45) is 2.06. The van der Waals surface area contributed by atoms with Crippen LogP contribution >= 0.6 is 11.3 Å². The Morgan fingerprint density at radius 2 is 2.15 bits per heavy atom. The van der Waals surface area contributed by atoms with Crippen molar-refractivity contribution >= 4 is 27.5 Å². The fraction of sp³-hybridized carbons (Fsp3) is 0.467. The topological polar surface area (TPSA) is 45.2 Å². The molecular formula is C15H19N3OS. The van der Waals surface area contributed by atoms with Crippen molar-refractivity contribution in [1.82, 2.24) is 15.2 Å². The van der Waals surface area contributed by atoms with Crippen LogP contribution in [0, 0.1) is 0 Å². The van der Waals surface area contributed by atoms with Gasteiger partial charge in [-0.1, -0.05) is 12.1 Å². The number of nitrogens with one attached hydrogen (secondary N) is 1. The molecular weight excluding hydrogens is 270 g/mol. The Kier molecular flexibility index (Phi) is 3.98. The zero-order chi connectivity index (χ0) is 13.9. The molecule has 2 heterocycles. The molecule has 3 rings (SSSR count). The maximum absolute atomic E-state index is 11.3. The smallest absolute Gasteiger partial charge is 0.219 e. The largest absolute Gasteiger partial charge is 0.343 e. The summed E-state index contributed by atoms with van der Waals surface area (Å²) in [5.41, 5.74) is 1.08. The molecule has 4 nitrogen and oxygen atoms in total. The SMILES string of the molecule is CC(=O)N1CCC(NCc2nc3ccccc3s2)CC1. The molecule has 0 radical (unpaired) electrons. The first kappa shape index (κ1) is 13.5. The zero-order valence-corrected chi connectivity index (χ0v) is 12.4. The van der Waals surface area contributed by atoms with Crippen LogP contribution in [0.5, 0.6) is 0 Å². The van der Waals surface area contributed by atoms with E-state index in [0.29, 0.717) is 6.04 Å². The lowest BCUT2D eigenvalue weighted by Crippen LogP contribution is -2.43. The van der Waals surface area contributed by atoms with Gasteiger partial charge in [0.1, 0.15) is 5.01 Å². The Labute approximate surface area is 122 Å². The number of rotatable bonds is 3. The molecule has 20 heavy (non-hydrogen) atoms. The van der Waals surface area contributed by atoms with Crippen LogP contribution in [-0.2, 0) is 11.3 Å². The summed E-state index contributed by atoms with van der Waals surface area (Å²) in [5.74, 6) is 0.189. The second-order valence-corrected chi connectivity index (χ2v) is 6.35. The van der Waals surface area contributed by atoms with E-state index in [1.807, 2.05) is 11.0 Å². The van der Waals surface area contributed by atoms with Crippen LogP contribution in [0.4, 0.5) is 0 Å². The third-order valence-corrected chi connectivity index (χ3v) is 4.86. The van der Waals surface area contributed by atoms with Crippen LogP contribution in [0.2, 0.25) is 0 Å². The molecule has 2 aromatic rings. The van der Waals surface area contributed by atoms with Crippen LogP contribution in [0.1, 0.15) is 24.8 Å². The predicted octanol–water partition coefficient (Wildman–Crippen LogP) is 2.40. The minimum atomic E-state index is 0.189. The van der Waals surface area contributed by atoms with Crippen LogP contribution in [0.3, 0.4) is 0 Å². The number of piperidine rings is 1. The standard InChI is InChI=1S/C15H19N3OS/c1-11(19)18-8-6-12(7-9-18)16-10-15-17-13-4-2-3-5-14(13)20-15/h2-5,12,16H,6-10H2,1H3. The van der Waals surface area contributed by atoms with Crippen molar-refractivity contribution in [2.75, 3.05) is 13.1 Å². The van der Waals surface area contributed by atoms with Gasteiger partial charge in [-0.05, 0) is 25.0 Å². The highest BCUT2D eigenvalue weighted by atomic mass is 32.1. The van der Waals surface area contributed by atoms with E-state index in [1.165, 1.54) is 4.70 Å². The fourth-order valence-corrected chi connectivity index (χ4v) is 3.54. The van der Waals surface area contributed by atoms with E-state index in [9.17, 15) is 4.79 Å². The van der Waals surface area contributed by atoms with Gasteiger partial charge in [-0.25, -0.2) is 4.98 Å². The van der Waals surface area contributed by atoms with E-state index in [0.717, 1.165) is 43.0 Å². The minimum absolute atomic E-state index is 0.189. The Balaban J connectivity index is 1.54. The van der Waals surface area contributed by atoms with Crippen molar-refractivity contribution in [3.8, 4) is 0 Å². The van der Waals surface area contributed by atoms with Gasteiger partial charge in [0.2, 0.25) is 5.91 Å². The zero-order valence-electron chi connectivity index (χ0n) is 11.6. The third kappa shape index (κ3) is 2.99. The first-order chi connectivity index (χ1) is 9.72. The number of amides is 1. The summed E-state index contributed by atoms with van der Waals surface area (Å²) in [5, 5.41) is 4.71. The molecule has 0 atom stereocenters. The van der Waals surface area contributed by atoms with Crippen molar-refractivity contribution < 1.29 is 4.79 Å². The molecule has 1 aliphatic heterocycles. The molecule has 0 unspecified atom stereocenters. The highest BCUT2D eigenvalue weighted by molar-refractivity contribution is 7.18. The van der Waals surface area contributed by atoms with Crippen molar-refractivity contribution in [3.63, 3.8) is 0 Å². The molecule has 1 saturated heterocycles. The lowest BCUT2D eigenvalue weighted by Gasteiger charge is -2.31. The predicted molar refractivity (Wildman–Crippen MR) is 81.7 cm³/mol. The van der Waals surface area contributed by atoms with Gasteiger partial charge < -0.3 is 10.2 Å². The van der Waals surface area contributed by atoms with Crippen LogP contribution in [-0.4, -0.2) is 34.9 Å². The number of nitrogens with zero attached hydrogens (tertiary/aromatic N) is 2. The molecule has 0 spiro atoms. The molecule has 1 N–H and O–H groups in total. The van der Waals surface area contributed by atoms with E-state index in [-0.39, 0.29) is 5.91 Å². The van der Waals surface area contributed by atoms with E-state index >= 15 is 0 Å². The van der Waals surface area contributed by atoms with Crippen LogP contribution in [0.25, 0.3) is 10.2 Å². The molecule has 1 aliphatic rings. The maximum atomic E-state index is 11.3. The number of benzene rings is 1. The van der Waals surface area contributed by atoms with Crippen molar-refractivity contribution in [2.45, 2.75) is 32.4 Å². The summed E-state index contributed by atoms with van der Waals surface area (Å²) >= 11 is 1.75. The summed E-state index contributed by atoms with van der Waals surface area (Å²) < 4.78 is 1.25. The highest BCUT2D eigenvalue weighted by Gasteiger charge is 2.20. The first-order valence-corrected chi connectivity index (χ1v) is 7.87. The molecule has 5 heteroatoms. The van der Waals surface area contributed by atoms with Gasteiger partial charge in [-0.3, -0.25) is 4.79 Å². The molecule has 106 valence electrons. The van der Waals surface area contributed by atoms with E-state index in [4.69, 9.17) is 0 Å². The van der Waals surface area contributed by atoms with E-state index in [2.05, 4.69) is 28.5 Å². The number of hydrogen-bond donors (Lipinski definition) is 1. The Hall–Kier alpha value is -1.46. The number of para-hydroxylation sites is 1. The number of aromatic nitrogens is 1. The molecule has 1 amide bonds. The third-order valence-electron chi connectivity index (χ3n) is 3.82. The van der Waals surface area contributed by atoms with Crippen LogP contribution in [0.15, 0.2) is 24.3 Å². The maximum Gasteiger partial charge on any atom is 0.219 e. The van der Waals surface area contributed by atoms with Gasteiger partial charge >= 0.3 is 0 Å². The number of likely N-dealkylation sites (tertiary alicyclic amines) is 1. The van der Waals surface area contributed by atoms with Gasteiger partial charge in [0.25, 0.3) is 0 Å². The minimum Gasteiger partial charge on any atom is -0.343 e. The van der Waals surface area contributed by atoms with Gasteiger partial charge in [0, 0.05) is 32.6 Å². The van der Waals surface area contributed by atoms with Crippen molar-refractivity contribution in [1.29, 1.82) is 0 Å². The Bertz CT molecular complexity index is 569. The molecule has 0 aliphatic carbocycles. The lowest BCUT2D eigenvalue weighted by molar-refractivity contribution is -0.129. The van der Waals surface area contributed by atoms with Gasteiger partial charge in [-0.15, -0.1) is 11.3 Å². The molecule has 1 aromatic heterocycles. The van der Waals surface area contributed by atoms with Crippen molar-refractivity contribution in [2.24, 2.45) is 0 Å². The summed E-state index contributed by atoms with van der Waals surface area (Å²) in [6, 6.07) is 8.74. The normalized spacial score (nSPS) is 16.8. The van der Waals surface area contributed by atoms with Crippen molar-refractivity contribution in [3.05, 3.63) is 29.3 Å². The Morgan fingerprint density at radius 3 is 2.85 bits per heavy atom. The molecule has 0 saturated carbocycles. The summed E-state index contributed by atoms with van der Waals surface area (Å²) in [6.45, 7) is 4.21. The summed E-state index contributed by atoms with van der Waals surface area (Å²) in [4.78, 5) is 17.8. The number of carbonyl (C=O) groups excluding carboxylic acids is 1. The molecule has 1 fully saturated rings. The number of fused-ring (bicyclic) bond motifs is 1. The molecule has 1 aromatic carbocycles. The quantitative estimate of drug-likeness (QED) is 0.943. The van der Waals surface area contributed by atoms with Gasteiger partial charge in [0.05, 0.1) is 10.2 Å². The van der Waals surface area contributed by atoms with Crippen LogP contribution < -0.4 is 5.32 Å². The number of hydrogen-bond acceptors (Lipinski definition) is 4. The average Bonchev–Trinajstić information content (AvgIpc) is 2.88. The number of thiazole rings is 1. The monoisotopic (exact) mass is 289 g/mol. The average molecular weight is 289 g/mol. The Morgan fingerprint density at radius 1 is 1.40 bits per heavy atom. The highest BCUT2D eigenvalue weighted by Crippen LogP contribution is 2.21. The van der Waals surface area contributed by atoms with Gasteiger partial charge in [-0.2, -0.15) is 0 Å². The van der Waals surface area contributed by atoms with Gasteiger partial charge in [0.15, 0.2) is 0 Å². The summed E-state index contributed by atoms with van der Waals surface area (Å²) in [7, 11) is 0. The van der Waals surface area contributed by atoms with E-state index in [1.54, 1.807) is 18.3 Å². The first-order valence-electron chi connectivity index (χ1n) is 7.06. The van der Waals surface area contributed by atoms with E-state index < -0.39 is 0 Å². The lowest BCUT2D eigenvalue weighted by atomic mass is 10.1.